The van der Waals surface area contributed by atoms with Crippen molar-refractivity contribution in [1.29, 1.82) is 0 Å². The van der Waals surface area contributed by atoms with Crippen molar-refractivity contribution in [2.45, 2.75) is 78.4 Å². The molecular weight excluding hydrogens is 374 g/mol. The minimum absolute atomic E-state index is 0.0432. The van der Waals surface area contributed by atoms with Crippen LogP contribution in [0.5, 0.6) is 0 Å². The monoisotopic (exact) mass is 405 g/mol. The Morgan fingerprint density at radius 2 is 1.89 bits per heavy atom. The molecule has 0 saturated heterocycles. The van der Waals surface area contributed by atoms with Gasteiger partial charge in [0.1, 0.15) is 10.6 Å². The highest BCUT2D eigenvalue weighted by molar-refractivity contribution is 7.17. The maximum absolute atomic E-state index is 13.3. The van der Waals surface area contributed by atoms with Gasteiger partial charge in [0.05, 0.1) is 17.8 Å². The van der Waals surface area contributed by atoms with Gasteiger partial charge in [-0.25, -0.2) is 4.79 Å². The lowest BCUT2D eigenvalue weighted by atomic mass is 9.74. The topological polar surface area (TPSA) is 64.6 Å². The molecule has 28 heavy (non-hydrogen) atoms. The summed E-state index contributed by atoms with van der Waals surface area (Å²) >= 11 is 1.46. The second-order valence-electron chi connectivity index (χ2n) is 9.81. The fourth-order valence-corrected chi connectivity index (χ4v) is 7.15. The molecule has 1 N–H and O–H groups in total. The van der Waals surface area contributed by atoms with Crippen molar-refractivity contribution in [3.05, 3.63) is 16.0 Å². The number of ether oxygens (including phenoxy) is 2. The van der Waals surface area contributed by atoms with Crippen LogP contribution in [0.3, 0.4) is 0 Å². The highest BCUT2D eigenvalue weighted by Crippen LogP contribution is 2.57. The molecule has 154 valence electrons. The molecular formula is C22H31NO4S. The number of thiophene rings is 1. The number of rotatable bonds is 4. The lowest BCUT2D eigenvalue weighted by Crippen LogP contribution is -2.38. The zero-order valence-electron chi connectivity index (χ0n) is 17.7. The normalized spacial score (nSPS) is 31.6. The van der Waals surface area contributed by atoms with Gasteiger partial charge in [-0.1, -0.05) is 13.3 Å². The molecule has 0 radical (unpaired) electrons. The van der Waals surface area contributed by atoms with E-state index in [1.165, 1.54) is 17.8 Å². The van der Waals surface area contributed by atoms with Gasteiger partial charge < -0.3 is 14.8 Å². The molecule has 1 amide bonds. The number of hydrogen-bond acceptors (Lipinski definition) is 5. The van der Waals surface area contributed by atoms with E-state index < -0.39 is 11.2 Å². The summed E-state index contributed by atoms with van der Waals surface area (Å²) in [5, 5.41) is 3.76. The molecule has 2 aliphatic carbocycles. The molecule has 3 aliphatic rings. The molecule has 1 aromatic rings. The Balaban J connectivity index is 1.73. The zero-order chi connectivity index (χ0) is 20.5. The lowest BCUT2D eigenvalue weighted by Gasteiger charge is -2.32. The van der Waals surface area contributed by atoms with Crippen molar-refractivity contribution < 1.29 is 19.1 Å². The Bertz CT molecular complexity index is 840. The minimum Gasteiger partial charge on any atom is -0.462 e. The number of carbonyl (C=O) groups is 2. The van der Waals surface area contributed by atoms with Gasteiger partial charge in [0.2, 0.25) is 5.91 Å². The molecule has 4 rings (SSSR count). The summed E-state index contributed by atoms with van der Waals surface area (Å²) in [6.45, 7) is 12.1. The van der Waals surface area contributed by atoms with E-state index in [2.05, 4.69) is 12.2 Å². The summed E-state index contributed by atoms with van der Waals surface area (Å²) in [4.78, 5) is 27.2. The first-order valence-corrected chi connectivity index (χ1v) is 11.2. The molecule has 2 saturated carbocycles. The van der Waals surface area contributed by atoms with E-state index in [4.69, 9.17) is 9.47 Å². The van der Waals surface area contributed by atoms with Gasteiger partial charge in [-0.2, -0.15) is 0 Å². The van der Waals surface area contributed by atoms with E-state index in [1.807, 2.05) is 27.7 Å². The largest absolute Gasteiger partial charge is 0.462 e. The third-order valence-corrected chi connectivity index (χ3v) is 8.36. The van der Waals surface area contributed by atoms with Crippen molar-refractivity contribution in [3.8, 4) is 0 Å². The van der Waals surface area contributed by atoms with E-state index in [1.54, 1.807) is 6.92 Å². The second-order valence-corrected chi connectivity index (χ2v) is 10.8. The van der Waals surface area contributed by atoms with Crippen LogP contribution >= 0.6 is 11.3 Å². The summed E-state index contributed by atoms with van der Waals surface area (Å²) in [6.07, 6.45) is 4.48. The molecule has 1 aromatic heterocycles. The van der Waals surface area contributed by atoms with Gasteiger partial charge in [0.25, 0.3) is 0 Å². The van der Waals surface area contributed by atoms with Crippen molar-refractivity contribution in [3.63, 3.8) is 0 Å². The predicted octanol–water partition coefficient (Wildman–Crippen LogP) is 5.19. The predicted molar refractivity (Wildman–Crippen MR) is 110 cm³/mol. The highest BCUT2D eigenvalue weighted by Gasteiger charge is 2.53. The van der Waals surface area contributed by atoms with Gasteiger partial charge >= 0.3 is 5.97 Å². The summed E-state index contributed by atoms with van der Waals surface area (Å²) < 4.78 is 11.6. The van der Waals surface area contributed by atoms with Crippen molar-refractivity contribution in [2.24, 2.45) is 17.3 Å². The van der Waals surface area contributed by atoms with E-state index in [0.29, 0.717) is 29.0 Å². The van der Waals surface area contributed by atoms with Gasteiger partial charge in [-0.05, 0) is 65.7 Å². The minimum atomic E-state index is -0.614. The molecule has 6 heteroatoms. The van der Waals surface area contributed by atoms with Crippen LogP contribution in [0.4, 0.5) is 5.00 Å². The van der Waals surface area contributed by atoms with E-state index in [-0.39, 0.29) is 17.3 Å². The van der Waals surface area contributed by atoms with Crippen LogP contribution in [0.1, 0.15) is 88.0 Å². The molecule has 0 unspecified atom stereocenters. The maximum Gasteiger partial charge on any atom is 0.341 e. The fraction of sp³-hybridized carbons (Fsp3) is 0.727. The zero-order valence-corrected chi connectivity index (χ0v) is 18.5. The number of fused-ring (bicyclic) bond motifs is 3. The van der Waals surface area contributed by atoms with Gasteiger partial charge in [0.15, 0.2) is 0 Å². The Hall–Kier alpha value is -1.40. The van der Waals surface area contributed by atoms with Gasteiger partial charge in [-0.15, -0.1) is 11.3 Å². The molecule has 2 heterocycles. The number of esters is 1. The molecule has 1 aliphatic heterocycles. The molecule has 2 fully saturated rings. The number of amides is 1. The highest BCUT2D eigenvalue weighted by atomic mass is 32.1. The van der Waals surface area contributed by atoms with Crippen LogP contribution in [-0.2, 0) is 25.5 Å². The average Bonchev–Trinajstić information content (AvgIpc) is 3.29. The first kappa shape index (κ1) is 19.9. The Kier molecular flexibility index (Phi) is 4.47. The van der Waals surface area contributed by atoms with E-state index >= 15 is 0 Å². The maximum atomic E-state index is 13.3. The number of hydrogen-bond donors (Lipinski definition) is 1. The van der Waals surface area contributed by atoms with E-state index in [9.17, 15) is 9.59 Å². The SMILES string of the molecule is CCOC(=O)c1c(NC(=O)[C@]2(C)C[C@H]3CC[C@H]2C3)sc2c1C(C)(C)OC2(C)C. The third kappa shape index (κ3) is 2.83. The first-order chi connectivity index (χ1) is 13.0. The number of anilines is 1. The Morgan fingerprint density at radius 3 is 2.46 bits per heavy atom. The van der Waals surface area contributed by atoms with Crippen LogP contribution in [0.25, 0.3) is 0 Å². The average molecular weight is 406 g/mol. The van der Waals surface area contributed by atoms with Crippen LogP contribution in [-0.4, -0.2) is 18.5 Å². The van der Waals surface area contributed by atoms with Crippen molar-refractivity contribution >= 4 is 28.2 Å². The summed E-state index contributed by atoms with van der Waals surface area (Å²) in [6, 6.07) is 0. The molecule has 5 nitrogen and oxygen atoms in total. The standard InChI is InChI=1S/C22H31NO4S/c1-7-26-18(24)14-15-16(21(4,5)27-20(15,2)3)28-17(14)23-19(25)22(6)11-12-8-9-13(22)10-12/h12-13H,7-11H2,1-6H3,(H,23,25)/t12-,13-,22+/m0/s1. The molecule has 3 atom stereocenters. The van der Waals surface area contributed by atoms with Crippen LogP contribution in [0.15, 0.2) is 0 Å². The van der Waals surface area contributed by atoms with Gasteiger partial charge in [0, 0.05) is 15.9 Å². The molecule has 2 bridgehead atoms. The smallest absolute Gasteiger partial charge is 0.341 e. The summed E-state index contributed by atoms with van der Waals surface area (Å²) in [5.41, 5.74) is -0.141. The van der Waals surface area contributed by atoms with Crippen molar-refractivity contribution in [1.82, 2.24) is 0 Å². The lowest BCUT2D eigenvalue weighted by molar-refractivity contribution is -0.127. The van der Waals surface area contributed by atoms with Crippen LogP contribution in [0, 0.1) is 17.3 Å². The van der Waals surface area contributed by atoms with Crippen molar-refractivity contribution in [2.75, 3.05) is 11.9 Å². The van der Waals surface area contributed by atoms with E-state index in [0.717, 1.165) is 29.7 Å². The first-order valence-electron chi connectivity index (χ1n) is 10.4. The Morgan fingerprint density at radius 1 is 1.18 bits per heavy atom. The van der Waals surface area contributed by atoms with Crippen LogP contribution in [0.2, 0.25) is 0 Å². The summed E-state index contributed by atoms with van der Waals surface area (Å²) in [7, 11) is 0. The second kappa shape index (κ2) is 6.30. The number of nitrogens with one attached hydrogen (secondary N) is 1. The quantitative estimate of drug-likeness (QED) is 0.700. The fourth-order valence-electron chi connectivity index (χ4n) is 5.78. The number of carbonyl (C=O) groups excluding carboxylic acids is 2. The third-order valence-electron chi connectivity index (χ3n) is 6.95. The molecule has 0 aromatic carbocycles. The van der Waals surface area contributed by atoms with Gasteiger partial charge in [-0.3, -0.25) is 4.79 Å². The Labute approximate surface area is 171 Å². The molecule has 0 spiro atoms. The summed E-state index contributed by atoms with van der Waals surface area (Å²) in [5.74, 6) is 0.779. The van der Waals surface area contributed by atoms with Crippen LogP contribution < -0.4 is 5.32 Å².